The highest BCUT2D eigenvalue weighted by molar-refractivity contribution is 5.92. The largest absolute Gasteiger partial charge is 0.417 e. The monoisotopic (exact) mass is 338 g/mol. The number of amides is 1. The van der Waals surface area contributed by atoms with Crippen molar-refractivity contribution in [3.63, 3.8) is 0 Å². The number of carbonyl (C=O) groups excluding carboxylic acids is 1. The first-order chi connectivity index (χ1) is 11.4. The molecule has 1 aromatic carbocycles. The number of aromatic nitrogens is 1. The summed E-state index contributed by atoms with van der Waals surface area (Å²) in [5.74, 6) is -0.104. The average molecular weight is 338 g/mol. The van der Waals surface area contributed by atoms with Crippen LogP contribution in [0.15, 0.2) is 42.6 Å². The molecule has 0 unspecified atom stereocenters. The molecule has 24 heavy (non-hydrogen) atoms. The van der Waals surface area contributed by atoms with E-state index in [1.54, 1.807) is 18.2 Å². The molecule has 0 bridgehead atoms. The zero-order valence-electron chi connectivity index (χ0n) is 12.7. The molecule has 0 aliphatic carbocycles. The second-order valence-corrected chi connectivity index (χ2v) is 5.10. The van der Waals surface area contributed by atoms with Gasteiger partial charge in [0.1, 0.15) is 5.82 Å². The Balaban J connectivity index is 1.73. The minimum Gasteiger partial charge on any atom is -0.369 e. The van der Waals surface area contributed by atoms with Crippen molar-refractivity contribution >= 4 is 11.7 Å². The van der Waals surface area contributed by atoms with Crippen LogP contribution in [-0.4, -0.2) is 24.0 Å². The molecular formula is C16H17F3N4O. The molecule has 0 fully saturated rings. The summed E-state index contributed by atoms with van der Waals surface area (Å²) >= 11 is 0. The van der Waals surface area contributed by atoms with Crippen molar-refractivity contribution in [3.05, 3.63) is 59.3 Å². The maximum Gasteiger partial charge on any atom is 0.417 e. The van der Waals surface area contributed by atoms with Crippen LogP contribution >= 0.6 is 0 Å². The van der Waals surface area contributed by atoms with E-state index in [1.807, 2.05) is 6.07 Å². The lowest BCUT2D eigenvalue weighted by Crippen LogP contribution is -2.22. The van der Waals surface area contributed by atoms with Gasteiger partial charge in [0, 0.05) is 31.4 Å². The van der Waals surface area contributed by atoms with Crippen LogP contribution in [0.25, 0.3) is 0 Å². The van der Waals surface area contributed by atoms with Crippen LogP contribution in [0.4, 0.5) is 19.0 Å². The minimum absolute atomic E-state index is 0.375. The van der Waals surface area contributed by atoms with Gasteiger partial charge in [-0.25, -0.2) is 4.98 Å². The number of nitrogens with one attached hydrogen (secondary N) is 2. The molecule has 4 N–H and O–H groups in total. The van der Waals surface area contributed by atoms with E-state index in [9.17, 15) is 18.0 Å². The predicted octanol–water partition coefficient (Wildman–Crippen LogP) is 2.40. The molecule has 0 radical (unpaired) electrons. The summed E-state index contributed by atoms with van der Waals surface area (Å²) in [5.41, 5.74) is 5.80. The topological polar surface area (TPSA) is 80.0 Å². The second kappa shape index (κ2) is 7.78. The molecule has 2 aromatic rings. The highest BCUT2D eigenvalue weighted by Gasteiger charge is 2.30. The van der Waals surface area contributed by atoms with Crippen LogP contribution < -0.4 is 16.4 Å². The van der Waals surface area contributed by atoms with Gasteiger partial charge in [-0.05, 0) is 29.8 Å². The van der Waals surface area contributed by atoms with E-state index in [0.29, 0.717) is 31.0 Å². The number of halogens is 3. The standard InChI is InChI=1S/C16H17F3N4O/c17-16(18,19)13-4-5-14(23-10-13)22-7-6-21-9-11-2-1-3-12(8-11)15(20)24/h1-5,8,10,21H,6-7,9H2,(H2,20,24)(H,22,23). The van der Waals surface area contributed by atoms with Crippen molar-refractivity contribution in [2.45, 2.75) is 12.7 Å². The fourth-order valence-corrected chi connectivity index (χ4v) is 2.01. The average Bonchev–Trinajstić information content (AvgIpc) is 2.54. The highest BCUT2D eigenvalue weighted by Crippen LogP contribution is 2.28. The third-order valence-electron chi connectivity index (χ3n) is 3.24. The van der Waals surface area contributed by atoms with Crippen molar-refractivity contribution in [1.82, 2.24) is 10.3 Å². The summed E-state index contributed by atoms with van der Waals surface area (Å²) in [6.07, 6.45) is -3.59. The Morgan fingerprint density at radius 2 is 1.96 bits per heavy atom. The molecule has 128 valence electrons. The quantitative estimate of drug-likeness (QED) is 0.677. The molecule has 0 aliphatic heterocycles. The lowest BCUT2D eigenvalue weighted by molar-refractivity contribution is -0.137. The van der Waals surface area contributed by atoms with Gasteiger partial charge in [0.2, 0.25) is 5.91 Å². The number of anilines is 1. The van der Waals surface area contributed by atoms with E-state index in [1.165, 1.54) is 6.07 Å². The molecule has 2 rings (SSSR count). The smallest absolute Gasteiger partial charge is 0.369 e. The maximum absolute atomic E-state index is 12.4. The molecule has 0 atom stereocenters. The van der Waals surface area contributed by atoms with Gasteiger partial charge < -0.3 is 16.4 Å². The molecule has 0 saturated heterocycles. The number of carbonyl (C=O) groups is 1. The third kappa shape index (κ3) is 5.24. The fraction of sp³-hybridized carbons (Fsp3) is 0.250. The van der Waals surface area contributed by atoms with Crippen molar-refractivity contribution in [1.29, 1.82) is 0 Å². The number of hydrogen-bond donors (Lipinski definition) is 3. The SMILES string of the molecule is NC(=O)c1cccc(CNCCNc2ccc(C(F)(F)F)cn2)c1. The predicted molar refractivity (Wildman–Crippen MR) is 84.4 cm³/mol. The molecule has 5 nitrogen and oxygen atoms in total. The number of pyridine rings is 1. The van der Waals surface area contributed by atoms with Crippen LogP contribution in [-0.2, 0) is 12.7 Å². The van der Waals surface area contributed by atoms with Crippen molar-refractivity contribution in [3.8, 4) is 0 Å². The molecule has 0 aliphatic rings. The first kappa shape index (κ1) is 17.7. The Morgan fingerprint density at radius 3 is 2.58 bits per heavy atom. The van der Waals surface area contributed by atoms with Gasteiger partial charge in [-0.15, -0.1) is 0 Å². The zero-order chi connectivity index (χ0) is 17.6. The molecular weight excluding hydrogens is 321 g/mol. The molecule has 1 amide bonds. The number of rotatable bonds is 7. The zero-order valence-corrected chi connectivity index (χ0v) is 12.7. The number of nitrogens with zero attached hydrogens (tertiary/aromatic N) is 1. The van der Waals surface area contributed by atoms with Crippen LogP contribution in [0.2, 0.25) is 0 Å². The van der Waals surface area contributed by atoms with Crippen LogP contribution in [0.1, 0.15) is 21.5 Å². The normalized spacial score (nSPS) is 11.3. The summed E-state index contributed by atoms with van der Waals surface area (Å²) in [5, 5.41) is 6.08. The Morgan fingerprint density at radius 1 is 1.17 bits per heavy atom. The van der Waals surface area contributed by atoms with Crippen molar-refractivity contribution in [2.75, 3.05) is 18.4 Å². The minimum atomic E-state index is -4.38. The Labute approximate surface area is 137 Å². The number of primary amides is 1. The summed E-state index contributed by atoms with van der Waals surface area (Å²) in [6, 6.07) is 9.24. The number of alkyl halides is 3. The van der Waals surface area contributed by atoms with Crippen molar-refractivity contribution in [2.24, 2.45) is 5.73 Å². The second-order valence-electron chi connectivity index (χ2n) is 5.10. The number of benzene rings is 1. The molecule has 0 saturated carbocycles. The Hall–Kier alpha value is -2.61. The lowest BCUT2D eigenvalue weighted by atomic mass is 10.1. The fourth-order valence-electron chi connectivity index (χ4n) is 2.01. The van der Waals surface area contributed by atoms with Gasteiger partial charge in [0.15, 0.2) is 0 Å². The Bertz CT molecular complexity index is 686. The summed E-state index contributed by atoms with van der Waals surface area (Å²) in [7, 11) is 0. The van der Waals surface area contributed by atoms with Gasteiger partial charge in [0.05, 0.1) is 5.56 Å². The molecule has 0 spiro atoms. The summed E-state index contributed by atoms with van der Waals surface area (Å²) in [4.78, 5) is 14.8. The van der Waals surface area contributed by atoms with Crippen LogP contribution in [0.3, 0.4) is 0 Å². The summed E-state index contributed by atoms with van der Waals surface area (Å²) < 4.78 is 37.2. The van der Waals surface area contributed by atoms with E-state index in [-0.39, 0.29) is 0 Å². The highest BCUT2D eigenvalue weighted by atomic mass is 19.4. The molecule has 8 heteroatoms. The van der Waals surface area contributed by atoms with E-state index in [0.717, 1.165) is 17.8 Å². The lowest BCUT2D eigenvalue weighted by Gasteiger charge is -2.09. The number of nitrogens with two attached hydrogens (primary N) is 1. The summed E-state index contributed by atoms with van der Waals surface area (Å²) in [6.45, 7) is 1.61. The van der Waals surface area contributed by atoms with Gasteiger partial charge in [-0.1, -0.05) is 12.1 Å². The van der Waals surface area contributed by atoms with Crippen LogP contribution in [0, 0.1) is 0 Å². The van der Waals surface area contributed by atoms with E-state index in [2.05, 4.69) is 15.6 Å². The van der Waals surface area contributed by atoms with Gasteiger partial charge in [0.25, 0.3) is 0 Å². The first-order valence-electron chi connectivity index (χ1n) is 7.23. The van der Waals surface area contributed by atoms with E-state index in [4.69, 9.17) is 5.73 Å². The first-order valence-corrected chi connectivity index (χ1v) is 7.23. The maximum atomic E-state index is 12.4. The third-order valence-corrected chi connectivity index (χ3v) is 3.24. The van der Waals surface area contributed by atoms with Crippen molar-refractivity contribution < 1.29 is 18.0 Å². The molecule has 1 aromatic heterocycles. The van der Waals surface area contributed by atoms with Crippen LogP contribution in [0.5, 0.6) is 0 Å². The number of hydrogen-bond acceptors (Lipinski definition) is 4. The Kier molecular flexibility index (Phi) is 5.75. The van der Waals surface area contributed by atoms with E-state index >= 15 is 0 Å². The van der Waals surface area contributed by atoms with Gasteiger partial charge >= 0.3 is 6.18 Å². The van der Waals surface area contributed by atoms with E-state index < -0.39 is 17.6 Å². The van der Waals surface area contributed by atoms with Gasteiger partial charge in [-0.3, -0.25) is 4.79 Å². The van der Waals surface area contributed by atoms with Gasteiger partial charge in [-0.2, -0.15) is 13.2 Å². The molecule has 1 heterocycles.